The first-order valence-corrected chi connectivity index (χ1v) is 7.30. The van der Waals surface area contributed by atoms with Gasteiger partial charge in [0.05, 0.1) is 0 Å². The summed E-state index contributed by atoms with van der Waals surface area (Å²) in [7, 11) is 0. The van der Waals surface area contributed by atoms with Gasteiger partial charge in [0.15, 0.2) is 12.3 Å². The highest BCUT2D eigenvalue weighted by atomic mass is 35.5. The molecule has 0 radical (unpaired) electrons. The van der Waals surface area contributed by atoms with Gasteiger partial charge in [0.25, 0.3) is 5.91 Å². The summed E-state index contributed by atoms with van der Waals surface area (Å²) >= 11 is 0. The van der Waals surface area contributed by atoms with Crippen molar-refractivity contribution in [1.29, 1.82) is 0 Å². The van der Waals surface area contributed by atoms with Crippen LogP contribution in [0.15, 0.2) is 24.3 Å². The number of alkyl halides is 3. The smallest absolute Gasteiger partial charge is 0.422 e. The molecule has 0 atom stereocenters. The van der Waals surface area contributed by atoms with E-state index in [-0.39, 0.29) is 24.1 Å². The molecule has 2 aromatic rings. The van der Waals surface area contributed by atoms with E-state index in [0.717, 1.165) is 24.2 Å². The van der Waals surface area contributed by atoms with Crippen LogP contribution in [-0.4, -0.2) is 35.4 Å². The average Bonchev–Trinajstić information content (AvgIpc) is 2.97. The molecule has 136 valence electrons. The second-order valence-corrected chi connectivity index (χ2v) is 5.34. The monoisotopic (exact) mass is 376 g/mol. The number of ether oxygens (including phenoxy) is 1. The van der Waals surface area contributed by atoms with Gasteiger partial charge in [0, 0.05) is 36.5 Å². The summed E-state index contributed by atoms with van der Waals surface area (Å²) in [5.41, 5.74) is 2.54. The Bertz CT molecular complexity index is 731. The van der Waals surface area contributed by atoms with Crippen LogP contribution >= 0.6 is 12.4 Å². The molecule has 1 aliphatic heterocycles. The number of aromatic amines is 1. The maximum Gasteiger partial charge on any atom is 0.422 e. The minimum Gasteiger partial charge on any atom is -0.484 e. The Kier molecular flexibility index (Phi) is 5.91. The van der Waals surface area contributed by atoms with Crippen LogP contribution in [-0.2, 0) is 13.0 Å². The summed E-state index contributed by atoms with van der Waals surface area (Å²) in [6.07, 6.45) is -3.61. The molecule has 2 heterocycles. The van der Waals surface area contributed by atoms with Crippen LogP contribution in [0.3, 0.4) is 0 Å². The van der Waals surface area contributed by atoms with Crippen LogP contribution in [0.2, 0.25) is 0 Å². The van der Waals surface area contributed by atoms with E-state index in [2.05, 4.69) is 25.6 Å². The van der Waals surface area contributed by atoms with Crippen molar-refractivity contribution in [3.8, 4) is 5.75 Å². The molecule has 1 aromatic carbocycles. The maximum atomic E-state index is 12.3. The molecule has 3 N–H and O–H groups in total. The molecule has 25 heavy (non-hydrogen) atoms. The number of hydrogen-bond donors (Lipinski definition) is 3. The van der Waals surface area contributed by atoms with Crippen molar-refractivity contribution in [2.24, 2.45) is 0 Å². The van der Waals surface area contributed by atoms with E-state index in [1.807, 2.05) is 0 Å². The summed E-state index contributed by atoms with van der Waals surface area (Å²) in [5, 5.41) is 12.7. The summed E-state index contributed by atoms with van der Waals surface area (Å²) in [6.45, 7) is 0.0412. The quantitative estimate of drug-likeness (QED) is 0.766. The van der Waals surface area contributed by atoms with Gasteiger partial charge in [-0.2, -0.15) is 18.3 Å². The lowest BCUT2D eigenvalue weighted by Crippen LogP contribution is -2.25. The van der Waals surface area contributed by atoms with Crippen LogP contribution in [0.5, 0.6) is 5.75 Å². The molecule has 0 unspecified atom stereocenters. The van der Waals surface area contributed by atoms with Crippen LogP contribution < -0.4 is 15.4 Å². The van der Waals surface area contributed by atoms with Gasteiger partial charge in [-0.1, -0.05) is 0 Å². The topological polar surface area (TPSA) is 79.0 Å². The molecule has 3 rings (SSSR count). The van der Waals surface area contributed by atoms with E-state index >= 15 is 0 Å². The molecule has 0 bridgehead atoms. The Morgan fingerprint density at radius 3 is 2.68 bits per heavy atom. The third-order valence-corrected chi connectivity index (χ3v) is 3.54. The zero-order valence-electron chi connectivity index (χ0n) is 12.9. The van der Waals surface area contributed by atoms with E-state index < -0.39 is 12.8 Å². The number of nitrogens with zero attached hydrogens (tertiary/aromatic N) is 1. The van der Waals surface area contributed by atoms with E-state index in [9.17, 15) is 18.0 Å². The fourth-order valence-electron chi connectivity index (χ4n) is 2.40. The molecule has 6 nitrogen and oxygen atoms in total. The van der Waals surface area contributed by atoms with Crippen molar-refractivity contribution in [3.05, 3.63) is 41.2 Å². The second kappa shape index (κ2) is 7.75. The Morgan fingerprint density at radius 1 is 1.28 bits per heavy atom. The summed E-state index contributed by atoms with van der Waals surface area (Å²) in [5.74, 6) is -0.299. The zero-order chi connectivity index (χ0) is 17.2. The lowest BCUT2D eigenvalue weighted by molar-refractivity contribution is -0.153. The lowest BCUT2D eigenvalue weighted by Gasteiger charge is -2.13. The Morgan fingerprint density at radius 2 is 2.00 bits per heavy atom. The van der Waals surface area contributed by atoms with Crippen molar-refractivity contribution in [2.75, 3.05) is 18.5 Å². The number of benzene rings is 1. The van der Waals surface area contributed by atoms with E-state index in [1.54, 1.807) is 0 Å². The van der Waals surface area contributed by atoms with E-state index in [1.165, 1.54) is 24.3 Å². The number of halogens is 4. The number of hydrogen-bond acceptors (Lipinski definition) is 4. The van der Waals surface area contributed by atoms with Crippen LogP contribution in [0.25, 0.3) is 0 Å². The minimum atomic E-state index is -4.39. The summed E-state index contributed by atoms with van der Waals surface area (Å²) in [4.78, 5) is 12.3. The maximum absolute atomic E-state index is 12.3. The number of carbonyl (C=O) groups is 1. The molecule has 0 saturated carbocycles. The number of carbonyl (C=O) groups excluding carboxylic acids is 1. The molecular weight excluding hydrogens is 361 g/mol. The molecule has 1 amide bonds. The molecule has 10 heteroatoms. The number of aromatic nitrogens is 2. The van der Waals surface area contributed by atoms with Crippen molar-refractivity contribution in [2.45, 2.75) is 19.1 Å². The molecular formula is C15H16ClF3N4O2. The lowest BCUT2D eigenvalue weighted by atomic mass is 10.1. The molecule has 0 spiro atoms. The number of amides is 1. The van der Waals surface area contributed by atoms with E-state index in [0.29, 0.717) is 17.9 Å². The molecule has 1 aromatic heterocycles. The third kappa shape index (κ3) is 4.86. The standard InChI is InChI=1S/C15H15F3N4O2.ClH/c16-15(17,18)8-24-10-3-1-9(2-4-10)20-14(23)13-11-7-19-6-5-12(11)21-22-13;/h1-4,19H,5-8H2,(H,20,23)(H,21,22);1H. The minimum absolute atomic E-state index is 0. The molecule has 0 fully saturated rings. The van der Waals surface area contributed by atoms with Gasteiger partial charge in [-0.15, -0.1) is 12.4 Å². The van der Waals surface area contributed by atoms with Gasteiger partial charge in [-0.05, 0) is 24.3 Å². The molecule has 0 aliphatic carbocycles. The van der Waals surface area contributed by atoms with Crippen molar-refractivity contribution < 1.29 is 22.7 Å². The Balaban J connectivity index is 0.00000225. The summed E-state index contributed by atoms with van der Waals surface area (Å²) in [6, 6.07) is 5.67. The van der Waals surface area contributed by atoms with Crippen LogP contribution in [0.4, 0.5) is 18.9 Å². The number of H-pyrrole nitrogens is 1. The number of rotatable bonds is 4. The predicted molar refractivity (Wildman–Crippen MR) is 87.2 cm³/mol. The van der Waals surface area contributed by atoms with Crippen LogP contribution in [0.1, 0.15) is 21.7 Å². The highest BCUT2D eigenvalue weighted by molar-refractivity contribution is 6.04. The van der Waals surface area contributed by atoms with Crippen molar-refractivity contribution in [3.63, 3.8) is 0 Å². The second-order valence-electron chi connectivity index (χ2n) is 5.34. The van der Waals surface area contributed by atoms with Gasteiger partial charge in [-0.3, -0.25) is 9.89 Å². The van der Waals surface area contributed by atoms with Crippen LogP contribution in [0, 0.1) is 0 Å². The third-order valence-electron chi connectivity index (χ3n) is 3.54. The highest BCUT2D eigenvalue weighted by Gasteiger charge is 2.28. The normalized spacial score (nSPS) is 13.6. The predicted octanol–water partition coefficient (Wildman–Crippen LogP) is 2.67. The first-order valence-electron chi connectivity index (χ1n) is 7.30. The number of fused-ring (bicyclic) bond motifs is 1. The molecule has 0 saturated heterocycles. The Labute approximate surface area is 147 Å². The number of nitrogens with one attached hydrogen (secondary N) is 3. The first kappa shape index (κ1) is 19.1. The fourth-order valence-corrected chi connectivity index (χ4v) is 2.40. The van der Waals surface area contributed by atoms with Crippen molar-refractivity contribution in [1.82, 2.24) is 15.5 Å². The van der Waals surface area contributed by atoms with Gasteiger partial charge in [0.1, 0.15) is 5.75 Å². The fraction of sp³-hybridized carbons (Fsp3) is 0.333. The SMILES string of the molecule is Cl.O=C(Nc1ccc(OCC(F)(F)F)cc1)c1n[nH]c2c1CNCC2. The average molecular weight is 377 g/mol. The number of anilines is 1. The highest BCUT2D eigenvalue weighted by Crippen LogP contribution is 2.21. The van der Waals surface area contributed by atoms with E-state index in [4.69, 9.17) is 0 Å². The Hall–Kier alpha value is -2.26. The summed E-state index contributed by atoms with van der Waals surface area (Å²) < 4.78 is 40.9. The van der Waals surface area contributed by atoms with Gasteiger partial charge in [-0.25, -0.2) is 0 Å². The zero-order valence-corrected chi connectivity index (χ0v) is 13.8. The molecule has 1 aliphatic rings. The van der Waals surface area contributed by atoms with Gasteiger partial charge < -0.3 is 15.4 Å². The first-order chi connectivity index (χ1) is 11.4. The van der Waals surface area contributed by atoms with Crippen molar-refractivity contribution >= 4 is 24.0 Å². The largest absolute Gasteiger partial charge is 0.484 e. The van der Waals surface area contributed by atoms with Gasteiger partial charge >= 0.3 is 6.18 Å². The van der Waals surface area contributed by atoms with Gasteiger partial charge in [0.2, 0.25) is 0 Å².